The van der Waals surface area contributed by atoms with Crippen molar-refractivity contribution in [3.05, 3.63) is 59.7 Å². The van der Waals surface area contributed by atoms with Crippen molar-refractivity contribution in [1.82, 2.24) is 0 Å². The van der Waals surface area contributed by atoms with Crippen LogP contribution in [0, 0.1) is 6.92 Å². The molecule has 0 atom stereocenters. The summed E-state index contributed by atoms with van der Waals surface area (Å²) in [7, 11) is 0. The summed E-state index contributed by atoms with van der Waals surface area (Å²) in [6.45, 7) is 1.83. The predicted molar refractivity (Wildman–Crippen MR) is 75.2 cm³/mol. The highest BCUT2D eigenvalue weighted by Crippen LogP contribution is 2.18. The summed E-state index contributed by atoms with van der Waals surface area (Å²) in [4.78, 5) is 0. The highest BCUT2D eigenvalue weighted by Gasteiger charge is 1.96. The molecule has 2 heteroatoms. The van der Waals surface area contributed by atoms with Crippen LogP contribution in [-0.4, -0.2) is 6.67 Å². The molecule has 2 aromatic rings. The van der Waals surface area contributed by atoms with Gasteiger partial charge in [-0.15, -0.1) is 0 Å². The Morgan fingerprint density at radius 3 is 2.00 bits per heavy atom. The summed E-state index contributed by atoms with van der Waals surface area (Å²) in [5.41, 5.74) is 4.57. The Balaban J connectivity index is 1.99. The predicted octanol–water partition coefficient (Wildman–Crippen LogP) is 4.64. The average molecular weight is 243 g/mol. The number of nitrogens with one attached hydrogen (secondary N) is 1. The molecule has 0 heterocycles. The van der Waals surface area contributed by atoms with Gasteiger partial charge in [0.1, 0.15) is 0 Å². The fraction of sp³-hybridized carbons (Fsp3) is 0.250. The molecule has 0 aliphatic heterocycles. The second-order valence-electron chi connectivity index (χ2n) is 4.48. The van der Waals surface area contributed by atoms with Crippen molar-refractivity contribution < 1.29 is 4.39 Å². The minimum absolute atomic E-state index is 0.247. The van der Waals surface area contributed by atoms with Crippen LogP contribution in [0.5, 0.6) is 0 Å². The largest absolute Gasteiger partial charge is 0.356 e. The van der Waals surface area contributed by atoms with Gasteiger partial charge in [-0.2, -0.15) is 0 Å². The minimum atomic E-state index is -0.247. The summed E-state index contributed by atoms with van der Waals surface area (Å²) in [5, 5.41) is 3.34. The zero-order chi connectivity index (χ0) is 12.8. The first-order chi connectivity index (χ1) is 8.78. The smallest absolute Gasteiger partial charge is 0.0897 e. The second kappa shape index (κ2) is 6.20. The Morgan fingerprint density at radius 2 is 1.44 bits per heavy atom. The van der Waals surface area contributed by atoms with E-state index < -0.39 is 0 Å². The first kappa shape index (κ1) is 12.6. The monoisotopic (exact) mass is 243 g/mol. The zero-order valence-electron chi connectivity index (χ0n) is 10.6. The van der Waals surface area contributed by atoms with E-state index in [2.05, 4.69) is 36.5 Å². The van der Waals surface area contributed by atoms with Gasteiger partial charge >= 0.3 is 0 Å². The van der Waals surface area contributed by atoms with Gasteiger partial charge in [-0.3, -0.25) is 4.39 Å². The van der Waals surface area contributed by atoms with Crippen molar-refractivity contribution in [3.8, 4) is 0 Å². The van der Waals surface area contributed by atoms with Crippen molar-refractivity contribution in [2.45, 2.75) is 19.8 Å². The quantitative estimate of drug-likeness (QED) is 0.806. The van der Waals surface area contributed by atoms with E-state index in [4.69, 9.17) is 0 Å². The first-order valence-corrected chi connectivity index (χ1v) is 6.26. The Labute approximate surface area is 108 Å². The van der Waals surface area contributed by atoms with Crippen molar-refractivity contribution in [1.29, 1.82) is 0 Å². The molecule has 0 saturated carbocycles. The molecule has 0 aliphatic rings. The molecule has 0 radical (unpaired) electrons. The van der Waals surface area contributed by atoms with E-state index >= 15 is 0 Å². The van der Waals surface area contributed by atoms with Crippen LogP contribution < -0.4 is 5.32 Å². The normalized spacial score (nSPS) is 10.3. The molecule has 0 saturated heterocycles. The molecular formula is C16H18FN. The summed E-state index contributed by atoms with van der Waals surface area (Å²) >= 11 is 0. The second-order valence-corrected chi connectivity index (χ2v) is 4.48. The van der Waals surface area contributed by atoms with Crippen LogP contribution in [0.1, 0.15) is 17.5 Å². The Kier molecular flexibility index (Phi) is 4.35. The number of aryl methyl sites for hydroxylation is 2. The van der Waals surface area contributed by atoms with Crippen LogP contribution in [0.4, 0.5) is 15.8 Å². The number of alkyl halides is 1. The van der Waals surface area contributed by atoms with Gasteiger partial charge in [-0.25, -0.2) is 0 Å². The number of hydrogen-bond acceptors (Lipinski definition) is 1. The van der Waals surface area contributed by atoms with Crippen LogP contribution in [-0.2, 0) is 6.42 Å². The van der Waals surface area contributed by atoms with Gasteiger partial charge in [0.05, 0.1) is 6.67 Å². The lowest BCUT2D eigenvalue weighted by atomic mass is 10.1. The van der Waals surface area contributed by atoms with Gasteiger partial charge < -0.3 is 5.32 Å². The van der Waals surface area contributed by atoms with Gasteiger partial charge in [-0.05, 0) is 49.6 Å². The molecule has 0 bridgehead atoms. The van der Waals surface area contributed by atoms with E-state index in [0.29, 0.717) is 6.42 Å². The highest BCUT2D eigenvalue weighted by molar-refractivity contribution is 5.59. The first-order valence-electron chi connectivity index (χ1n) is 6.26. The highest BCUT2D eigenvalue weighted by atomic mass is 19.1. The third-order valence-corrected chi connectivity index (χ3v) is 2.89. The summed E-state index contributed by atoms with van der Waals surface area (Å²) in [6.07, 6.45) is 1.41. The summed E-state index contributed by atoms with van der Waals surface area (Å²) < 4.78 is 12.1. The van der Waals surface area contributed by atoms with Crippen molar-refractivity contribution >= 4 is 11.4 Å². The van der Waals surface area contributed by atoms with Crippen molar-refractivity contribution in [3.63, 3.8) is 0 Å². The maximum atomic E-state index is 12.1. The van der Waals surface area contributed by atoms with E-state index in [1.165, 1.54) is 11.1 Å². The maximum absolute atomic E-state index is 12.1. The molecule has 0 unspecified atom stereocenters. The fourth-order valence-corrected chi connectivity index (χ4v) is 1.83. The molecule has 18 heavy (non-hydrogen) atoms. The third-order valence-electron chi connectivity index (χ3n) is 2.89. The van der Waals surface area contributed by atoms with Gasteiger partial charge in [0, 0.05) is 11.4 Å². The Bertz CT molecular complexity index is 473. The molecule has 1 N–H and O–H groups in total. The molecule has 0 amide bonds. The number of halogens is 1. The molecular weight excluding hydrogens is 225 g/mol. The van der Waals surface area contributed by atoms with Crippen LogP contribution in [0.25, 0.3) is 0 Å². The maximum Gasteiger partial charge on any atom is 0.0897 e. The molecule has 0 fully saturated rings. The molecule has 2 aromatic carbocycles. The van der Waals surface area contributed by atoms with Gasteiger partial charge in [0.15, 0.2) is 0 Å². The minimum Gasteiger partial charge on any atom is -0.356 e. The Morgan fingerprint density at radius 1 is 0.889 bits per heavy atom. The van der Waals surface area contributed by atoms with Crippen molar-refractivity contribution in [2.75, 3.05) is 12.0 Å². The van der Waals surface area contributed by atoms with Crippen molar-refractivity contribution in [2.24, 2.45) is 0 Å². The topological polar surface area (TPSA) is 12.0 Å². The Hall–Kier alpha value is -1.83. The number of rotatable bonds is 5. The summed E-state index contributed by atoms with van der Waals surface area (Å²) in [6, 6.07) is 16.5. The average Bonchev–Trinajstić information content (AvgIpc) is 2.41. The van der Waals surface area contributed by atoms with Crippen LogP contribution in [0.2, 0.25) is 0 Å². The van der Waals surface area contributed by atoms with E-state index in [1.54, 1.807) is 0 Å². The number of benzene rings is 2. The lowest BCUT2D eigenvalue weighted by Crippen LogP contribution is -1.91. The molecule has 0 spiro atoms. The fourth-order valence-electron chi connectivity index (χ4n) is 1.83. The van der Waals surface area contributed by atoms with E-state index in [1.807, 2.05) is 24.3 Å². The van der Waals surface area contributed by atoms with Gasteiger partial charge in [-0.1, -0.05) is 29.8 Å². The van der Waals surface area contributed by atoms with Gasteiger partial charge in [0.25, 0.3) is 0 Å². The van der Waals surface area contributed by atoms with Crippen LogP contribution in [0.3, 0.4) is 0 Å². The van der Waals surface area contributed by atoms with Crippen LogP contribution in [0.15, 0.2) is 48.5 Å². The number of anilines is 2. The van der Waals surface area contributed by atoms with E-state index in [0.717, 1.165) is 17.8 Å². The standard InChI is InChI=1S/C16H18FN/c1-13-4-8-15(9-5-13)18-16-10-6-14(7-11-16)3-2-12-17/h4-11,18H,2-3,12H2,1H3. The molecule has 0 aliphatic carbocycles. The molecule has 0 aromatic heterocycles. The SMILES string of the molecule is Cc1ccc(Nc2ccc(CCCF)cc2)cc1. The molecule has 1 nitrogen and oxygen atoms in total. The summed E-state index contributed by atoms with van der Waals surface area (Å²) in [5.74, 6) is 0. The lowest BCUT2D eigenvalue weighted by Gasteiger charge is -2.07. The van der Waals surface area contributed by atoms with Gasteiger partial charge in [0.2, 0.25) is 0 Å². The van der Waals surface area contributed by atoms with E-state index in [9.17, 15) is 4.39 Å². The van der Waals surface area contributed by atoms with Crippen LogP contribution >= 0.6 is 0 Å². The number of hydrogen-bond donors (Lipinski definition) is 1. The molecule has 2 rings (SSSR count). The lowest BCUT2D eigenvalue weighted by molar-refractivity contribution is 0.473. The third kappa shape index (κ3) is 3.59. The zero-order valence-corrected chi connectivity index (χ0v) is 10.6. The van der Waals surface area contributed by atoms with E-state index in [-0.39, 0.29) is 6.67 Å². The molecule has 94 valence electrons.